The van der Waals surface area contributed by atoms with Crippen LogP contribution in [0.15, 0.2) is 48.8 Å². The van der Waals surface area contributed by atoms with Gasteiger partial charge in [-0.25, -0.2) is 4.98 Å². The Morgan fingerprint density at radius 1 is 1.25 bits per heavy atom. The number of hydrogen-bond donors (Lipinski definition) is 1. The monoisotopic (exact) mass is 323 g/mol. The summed E-state index contributed by atoms with van der Waals surface area (Å²) in [4.78, 5) is 21.7. The van der Waals surface area contributed by atoms with E-state index in [-0.39, 0.29) is 11.9 Å². The van der Waals surface area contributed by atoms with E-state index in [1.54, 1.807) is 18.3 Å². The van der Waals surface area contributed by atoms with Crippen LogP contribution in [-0.2, 0) is 6.42 Å². The Hall–Kier alpha value is -2.82. The first kappa shape index (κ1) is 16.1. The van der Waals surface area contributed by atoms with Gasteiger partial charge in [-0.1, -0.05) is 12.1 Å². The van der Waals surface area contributed by atoms with Crippen LogP contribution in [0.1, 0.15) is 22.8 Å². The Balaban J connectivity index is 1.71. The molecule has 1 unspecified atom stereocenters. The van der Waals surface area contributed by atoms with E-state index in [9.17, 15) is 4.79 Å². The Labute approximate surface area is 141 Å². The Morgan fingerprint density at radius 3 is 2.71 bits per heavy atom. The van der Waals surface area contributed by atoms with Crippen molar-refractivity contribution in [3.63, 3.8) is 0 Å². The second-order valence-corrected chi connectivity index (χ2v) is 5.95. The first-order chi connectivity index (χ1) is 11.6. The van der Waals surface area contributed by atoms with Gasteiger partial charge in [0.15, 0.2) is 0 Å². The lowest BCUT2D eigenvalue weighted by Gasteiger charge is -2.25. The molecule has 124 valence electrons. The van der Waals surface area contributed by atoms with Gasteiger partial charge < -0.3 is 14.6 Å². The predicted octanol–water partition coefficient (Wildman–Crippen LogP) is 3.27. The van der Waals surface area contributed by atoms with Crippen LogP contribution in [0.25, 0.3) is 11.0 Å². The number of fused-ring (bicyclic) bond motifs is 1. The molecule has 2 aromatic carbocycles. The molecular formula is C19H21N3O2. The standard InChI is InChI=1S/C19H21N3O2/c1-13(10-14-4-7-16(24-3)8-5-14)22(2)19(23)15-6-9-17-18(11-15)21-12-20-17/h4-9,11-13H,10H2,1-3H3,(H,20,21). The van der Waals surface area contributed by atoms with E-state index in [1.165, 1.54) is 5.56 Å². The van der Waals surface area contributed by atoms with Crippen LogP contribution in [0, 0.1) is 0 Å². The van der Waals surface area contributed by atoms with Gasteiger partial charge >= 0.3 is 0 Å². The number of aromatic nitrogens is 2. The number of nitrogens with one attached hydrogen (secondary N) is 1. The molecule has 1 heterocycles. The fourth-order valence-corrected chi connectivity index (χ4v) is 2.71. The van der Waals surface area contributed by atoms with E-state index in [2.05, 4.69) is 16.9 Å². The van der Waals surface area contributed by atoms with Crippen molar-refractivity contribution >= 4 is 16.9 Å². The lowest BCUT2D eigenvalue weighted by Crippen LogP contribution is -2.36. The van der Waals surface area contributed by atoms with Crippen LogP contribution < -0.4 is 4.74 Å². The number of benzene rings is 2. The molecule has 5 nitrogen and oxygen atoms in total. The Kier molecular flexibility index (Phi) is 4.51. The Bertz CT molecular complexity index is 839. The van der Waals surface area contributed by atoms with Gasteiger partial charge in [0.05, 0.1) is 24.5 Å². The number of nitrogens with zero attached hydrogens (tertiary/aromatic N) is 2. The number of rotatable bonds is 5. The van der Waals surface area contributed by atoms with Gasteiger partial charge in [0, 0.05) is 18.7 Å². The van der Waals surface area contributed by atoms with Crippen molar-refractivity contribution in [1.29, 1.82) is 0 Å². The maximum Gasteiger partial charge on any atom is 0.253 e. The minimum absolute atomic E-state index is 0.00696. The Morgan fingerprint density at radius 2 is 2.00 bits per heavy atom. The van der Waals surface area contributed by atoms with Crippen molar-refractivity contribution in [1.82, 2.24) is 14.9 Å². The molecule has 0 aliphatic heterocycles. The summed E-state index contributed by atoms with van der Waals surface area (Å²) in [5, 5.41) is 0. The molecule has 0 fully saturated rings. The quantitative estimate of drug-likeness (QED) is 0.784. The highest BCUT2D eigenvalue weighted by atomic mass is 16.5. The maximum absolute atomic E-state index is 12.7. The smallest absolute Gasteiger partial charge is 0.253 e. The summed E-state index contributed by atoms with van der Waals surface area (Å²) in [5.41, 5.74) is 3.57. The van der Waals surface area contributed by atoms with E-state index < -0.39 is 0 Å². The molecular weight excluding hydrogens is 302 g/mol. The number of ether oxygens (including phenoxy) is 1. The molecule has 0 aliphatic rings. The fraction of sp³-hybridized carbons (Fsp3) is 0.263. The average Bonchev–Trinajstić information content (AvgIpc) is 3.08. The van der Waals surface area contributed by atoms with Gasteiger partial charge in [0.1, 0.15) is 5.75 Å². The first-order valence-corrected chi connectivity index (χ1v) is 7.91. The third-order valence-corrected chi connectivity index (χ3v) is 4.34. The molecule has 1 N–H and O–H groups in total. The van der Waals surface area contributed by atoms with Crippen LogP contribution in [0.3, 0.4) is 0 Å². The van der Waals surface area contributed by atoms with Crippen molar-refractivity contribution in [2.24, 2.45) is 0 Å². The van der Waals surface area contributed by atoms with Crippen LogP contribution >= 0.6 is 0 Å². The first-order valence-electron chi connectivity index (χ1n) is 7.91. The number of amides is 1. The molecule has 3 rings (SSSR count). The number of likely N-dealkylation sites (N-methyl/N-ethyl adjacent to an activating group) is 1. The van der Waals surface area contributed by atoms with Gasteiger partial charge in [0.25, 0.3) is 5.91 Å². The SMILES string of the molecule is COc1ccc(CC(C)N(C)C(=O)c2ccc3nc[nH]c3c2)cc1. The molecule has 0 saturated heterocycles. The largest absolute Gasteiger partial charge is 0.497 e. The summed E-state index contributed by atoms with van der Waals surface area (Å²) >= 11 is 0. The average molecular weight is 323 g/mol. The number of methoxy groups -OCH3 is 1. The highest BCUT2D eigenvalue weighted by Crippen LogP contribution is 2.17. The molecule has 1 amide bonds. The summed E-state index contributed by atoms with van der Waals surface area (Å²) in [7, 11) is 3.49. The molecule has 0 aliphatic carbocycles. The number of imidazole rings is 1. The van der Waals surface area contributed by atoms with E-state index in [0.29, 0.717) is 5.56 Å². The topological polar surface area (TPSA) is 58.2 Å². The van der Waals surface area contributed by atoms with Crippen LogP contribution in [0.5, 0.6) is 5.75 Å². The number of carbonyl (C=O) groups is 1. The fourth-order valence-electron chi connectivity index (χ4n) is 2.71. The van der Waals surface area contributed by atoms with Crippen molar-refractivity contribution in [2.45, 2.75) is 19.4 Å². The molecule has 1 aromatic heterocycles. The van der Waals surface area contributed by atoms with Gasteiger partial charge in [-0.05, 0) is 49.2 Å². The molecule has 0 spiro atoms. The van der Waals surface area contributed by atoms with Gasteiger partial charge in [-0.2, -0.15) is 0 Å². The summed E-state index contributed by atoms with van der Waals surface area (Å²) in [6.07, 6.45) is 2.42. The van der Waals surface area contributed by atoms with Crippen LogP contribution in [0.2, 0.25) is 0 Å². The minimum Gasteiger partial charge on any atom is -0.497 e. The number of hydrogen-bond acceptors (Lipinski definition) is 3. The lowest BCUT2D eigenvalue weighted by molar-refractivity contribution is 0.0743. The van der Waals surface area contributed by atoms with Crippen LogP contribution in [-0.4, -0.2) is 41.0 Å². The van der Waals surface area contributed by atoms with Gasteiger partial charge in [-0.3, -0.25) is 4.79 Å². The third-order valence-electron chi connectivity index (χ3n) is 4.34. The summed E-state index contributed by atoms with van der Waals surface area (Å²) in [5.74, 6) is 0.844. The highest BCUT2D eigenvalue weighted by Gasteiger charge is 2.18. The summed E-state index contributed by atoms with van der Waals surface area (Å²) in [6.45, 7) is 2.05. The number of aromatic amines is 1. The zero-order chi connectivity index (χ0) is 17.1. The number of carbonyl (C=O) groups excluding carboxylic acids is 1. The zero-order valence-corrected chi connectivity index (χ0v) is 14.1. The molecule has 5 heteroatoms. The van der Waals surface area contributed by atoms with Gasteiger partial charge in [0.2, 0.25) is 0 Å². The highest BCUT2D eigenvalue weighted by molar-refractivity contribution is 5.97. The summed E-state index contributed by atoms with van der Waals surface area (Å²) in [6, 6.07) is 13.6. The maximum atomic E-state index is 12.7. The number of H-pyrrole nitrogens is 1. The van der Waals surface area contributed by atoms with Crippen molar-refractivity contribution in [3.05, 3.63) is 59.9 Å². The zero-order valence-electron chi connectivity index (χ0n) is 14.1. The molecule has 0 bridgehead atoms. The van der Waals surface area contributed by atoms with E-state index in [1.807, 2.05) is 49.5 Å². The van der Waals surface area contributed by atoms with Crippen molar-refractivity contribution in [3.8, 4) is 5.75 Å². The minimum atomic E-state index is 0.00696. The predicted molar refractivity (Wildman–Crippen MR) is 94.3 cm³/mol. The lowest BCUT2D eigenvalue weighted by atomic mass is 10.0. The normalized spacial score (nSPS) is 12.1. The second-order valence-electron chi connectivity index (χ2n) is 5.95. The van der Waals surface area contributed by atoms with E-state index in [4.69, 9.17) is 4.74 Å². The van der Waals surface area contributed by atoms with E-state index in [0.717, 1.165) is 23.2 Å². The van der Waals surface area contributed by atoms with Crippen molar-refractivity contribution in [2.75, 3.05) is 14.2 Å². The van der Waals surface area contributed by atoms with E-state index >= 15 is 0 Å². The van der Waals surface area contributed by atoms with Crippen LogP contribution in [0.4, 0.5) is 0 Å². The second kappa shape index (κ2) is 6.74. The molecule has 0 saturated carbocycles. The molecule has 24 heavy (non-hydrogen) atoms. The molecule has 3 aromatic rings. The van der Waals surface area contributed by atoms with Crippen molar-refractivity contribution < 1.29 is 9.53 Å². The summed E-state index contributed by atoms with van der Waals surface area (Å²) < 4.78 is 5.17. The third kappa shape index (κ3) is 3.25. The molecule has 1 atom stereocenters. The molecule has 0 radical (unpaired) electrons. The van der Waals surface area contributed by atoms with Gasteiger partial charge in [-0.15, -0.1) is 0 Å².